The number of aryl methyl sites for hydroxylation is 1. The van der Waals surface area contributed by atoms with E-state index in [1.165, 1.54) is 24.1 Å². The lowest BCUT2D eigenvalue weighted by Crippen LogP contribution is -2.52. The van der Waals surface area contributed by atoms with Crippen molar-refractivity contribution in [3.05, 3.63) is 35.4 Å². The van der Waals surface area contributed by atoms with Crippen LogP contribution in [0.2, 0.25) is 0 Å². The number of hydrogen-bond acceptors (Lipinski definition) is 3. The molecule has 1 N–H and O–H groups in total. The molecule has 1 aliphatic heterocycles. The number of ether oxygens (including phenoxy) is 1. The van der Waals surface area contributed by atoms with E-state index in [0.717, 1.165) is 32.5 Å². The van der Waals surface area contributed by atoms with Gasteiger partial charge in [0.05, 0.1) is 12.7 Å². The van der Waals surface area contributed by atoms with Crippen LogP contribution < -0.4 is 5.32 Å². The Labute approximate surface area is 129 Å². The molecule has 1 saturated heterocycles. The van der Waals surface area contributed by atoms with E-state index in [2.05, 4.69) is 48.3 Å². The molecule has 3 heteroatoms. The summed E-state index contributed by atoms with van der Waals surface area (Å²) in [7, 11) is 2.05. The summed E-state index contributed by atoms with van der Waals surface area (Å²) in [6.07, 6.45) is 3.65. The Morgan fingerprint density at radius 2 is 1.95 bits per heavy atom. The first kappa shape index (κ1) is 16.5. The number of hydrogen-bond donors (Lipinski definition) is 1. The van der Waals surface area contributed by atoms with Crippen molar-refractivity contribution in [2.45, 2.75) is 45.3 Å². The Kier molecular flexibility index (Phi) is 6.68. The van der Waals surface area contributed by atoms with E-state index in [0.29, 0.717) is 12.1 Å². The smallest absolute Gasteiger partial charge is 0.0858 e. The third kappa shape index (κ3) is 4.80. The lowest BCUT2D eigenvalue weighted by molar-refractivity contribution is -0.0450. The van der Waals surface area contributed by atoms with Crippen LogP contribution in [0.5, 0.6) is 0 Å². The van der Waals surface area contributed by atoms with Gasteiger partial charge in [-0.2, -0.15) is 0 Å². The minimum absolute atomic E-state index is 0.293. The Hall–Kier alpha value is -0.900. The molecule has 0 saturated carbocycles. The van der Waals surface area contributed by atoms with Crippen LogP contribution in [0.25, 0.3) is 0 Å². The summed E-state index contributed by atoms with van der Waals surface area (Å²) in [5.74, 6) is 0. The monoisotopic (exact) mass is 290 g/mol. The molecule has 1 heterocycles. The third-order valence-corrected chi connectivity index (χ3v) is 4.42. The van der Waals surface area contributed by atoms with Crippen molar-refractivity contribution >= 4 is 0 Å². The van der Waals surface area contributed by atoms with Crippen LogP contribution in [0.15, 0.2) is 24.3 Å². The van der Waals surface area contributed by atoms with Gasteiger partial charge in [0.15, 0.2) is 0 Å². The summed E-state index contributed by atoms with van der Waals surface area (Å²) < 4.78 is 6.02. The van der Waals surface area contributed by atoms with Gasteiger partial charge in [-0.1, -0.05) is 38.1 Å². The molecule has 0 radical (unpaired) electrons. The van der Waals surface area contributed by atoms with Crippen LogP contribution >= 0.6 is 0 Å². The minimum atomic E-state index is 0.293. The largest absolute Gasteiger partial charge is 0.374 e. The summed E-state index contributed by atoms with van der Waals surface area (Å²) in [6.45, 7) is 8.61. The Morgan fingerprint density at radius 3 is 2.57 bits per heavy atom. The van der Waals surface area contributed by atoms with Crippen molar-refractivity contribution in [2.75, 3.05) is 33.3 Å². The van der Waals surface area contributed by atoms with Gasteiger partial charge in [0.1, 0.15) is 0 Å². The molecule has 1 aromatic rings. The zero-order valence-corrected chi connectivity index (χ0v) is 13.8. The second-order valence-electron chi connectivity index (χ2n) is 5.98. The number of likely N-dealkylation sites (N-methyl/N-ethyl adjacent to an activating group) is 1. The van der Waals surface area contributed by atoms with E-state index in [1.807, 2.05) is 7.05 Å². The topological polar surface area (TPSA) is 24.5 Å². The van der Waals surface area contributed by atoms with E-state index in [1.54, 1.807) is 0 Å². The molecule has 2 atom stereocenters. The van der Waals surface area contributed by atoms with Crippen LogP contribution in [0.4, 0.5) is 0 Å². The van der Waals surface area contributed by atoms with Crippen LogP contribution in [-0.4, -0.2) is 50.3 Å². The van der Waals surface area contributed by atoms with Crippen LogP contribution in [0, 0.1) is 0 Å². The molecule has 0 aliphatic carbocycles. The van der Waals surface area contributed by atoms with E-state index >= 15 is 0 Å². The lowest BCUT2D eigenvalue weighted by Gasteiger charge is -2.37. The van der Waals surface area contributed by atoms with Gasteiger partial charge < -0.3 is 10.1 Å². The van der Waals surface area contributed by atoms with Crippen molar-refractivity contribution in [1.82, 2.24) is 10.2 Å². The van der Waals surface area contributed by atoms with Crippen molar-refractivity contribution < 1.29 is 4.74 Å². The maximum absolute atomic E-state index is 6.02. The maximum atomic E-state index is 6.02. The minimum Gasteiger partial charge on any atom is -0.374 e. The van der Waals surface area contributed by atoms with Crippen LogP contribution in [-0.2, 0) is 17.6 Å². The van der Waals surface area contributed by atoms with E-state index in [9.17, 15) is 0 Å². The summed E-state index contributed by atoms with van der Waals surface area (Å²) in [4.78, 5) is 2.53. The van der Waals surface area contributed by atoms with Crippen LogP contribution in [0.1, 0.15) is 31.4 Å². The summed E-state index contributed by atoms with van der Waals surface area (Å²) in [5, 5.41) is 3.46. The van der Waals surface area contributed by atoms with E-state index < -0.39 is 0 Å². The van der Waals surface area contributed by atoms with Crippen molar-refractivity contribution in [1.29, 1.82) is 0 Å². The molecule has 2 rings (SSSR count). The van der Waals surface area contributed by atoms with Gasteiger partial charge in [-0.3, -0.25) is 4.90 Å². The summed E-state index contributed by atoms with van der Waals surface area (Å²) in [5.41, 5.74) is 2.80. The van der Waals surface area contributed by atoms with Gasteiger partial charge in [-0.15, -0.1) is 0 Å². The van der Waals surface area contributed by atoms with Crippen LogP contribution in [0.3, 0.4) is 0 Å². The van der Waals surface area contributed by atoms with Gasteiger partial charge >= 0.3 is 0 Å². The number of rotatable bonds is 7. The molecular weight excluding hydrogens is 260 g/mol. The van der Waals surface area contributed by atoms with Crippen molar-refractivity contribution in [3.8, 4) is 0 Å². The van der Waals surface area contributed by atoms with Gasteiger partial charge in [0.2, 0.25) is 0 Å². The zero-order valence-electron chi connectivity index (χ0n) is 13.8. The SMILES string of the molecule is CCCN1CCOC(C(Cc2ccc(CC)cc2)NC)C1. The Bertz CT molecular complexity index is 402. The number of morpholine rings is 1. The summed E-state index contributed by atoms with van der Waals surface area (Å²) in [6, 6.07) is 9.39. The molecule has 1 fully saturated rings. The first-order chi connectivity index (χ1) is 10.3. The normalized spacial score (nSPS) is 21.4. The molecular formula is C18H30N2O. The van der Waals surface area contributed by atoms with Gasteiger partial charge in [0, 0.05) is 19.1 Å². The van der Waals surface area contributed by atoms with Gasteiger partial charge in [0.25, 0.3) is 0 Å². The highest BCUT2D eigenvalue weighted by Crippen LogP contribution is 2.14. The molecule has 0 amide bonds. The quantitative estimate of drug-likeness (QED) is 0.835. The molecule has 1 aliphatic rings. The fourth-order valence-electron chi connectivity index (χ4n) is 3.08. The highest BCUT2D eigenvalue weighted by Gasteiger charge is 2.26. The molecule has 21 heavy (non-hydrogen) atoms. The molecule has 0 spiro atoms. The van der Waals surface area contributed by atoms with E-state index in [4.69, 9.17) is 4.74 Å². The van der Waals surface area contributed by atoms with E-state index in [-0.39, 0.29) is 0 Å². The standard InChI is InChI=1S/C18H30N2O/c1-4-10-20-11-12-21-18(14-20)17(19-3)13-16-8-6-15(5-2)7-9-16/h6-9,17-19H,4-5,10-14H2,1-3H3. The predicted octanol–water partition coefficient (Wildman–Crippen LogP) is 2.49. The molecule has 3 nitrogen and oxygen atoms in total. The Balaban J connectivity index is 1.94. The van der Waals surface area contributed by atoms with Gasteiger partial charge in [-0.25, -0.2) is 0 Å². The highest BCUT2D eigenvalue weighted by molar-refractivity contribution is 5.23. The molecule has 0 bridgehead atoms. The molecule has 118 valence electrons. The number of nitrogens with one attached hydrogen (secondary N) is 1. The predicted molar refractivity (Wildman–Crippen MR) is 88.8 cm³/mol. The molecule has 1 aromatic carbocycles. The average molecular weight is 290 g/mol. The molecule has 0 aromatic heterocycles. The second-order valence-corrected chi connectivity index (χ2v) is 5.98. The third-order valence-electron chi connectivity index (χ3n) is 4.42. The fourth-order valence-corrected chi connectivity index (χ4v) is 3.08. The highest BCUT2D eigenvalue weighted by atomic mass is 16.5. The average Bonchev–Trinajstić information content (AvgIpc) is 2.54. The molecule has 2 unspecified atom stereocenters. The fraction of sp³-hybridized carbons (Fsp3) is 0.667. The lowest BCUT2D eigenvalue weighted by atomic mass is 9.99. The van der Waals surface area contributed by atoms with Gasteiger partial charge in [-0.05, 0) is 44.0 Å². The number of benzene rings is 1. The Morgan fingerprint density at radius 1 is 1.24 bits per heavy atom. The van der Waals surface area contributed by atoms with Crippen molar-refractivity contribution in [2.24, 2.45) is 0 Å². The second kappa shape index (κ2) is 8.52. The maximum Gasteiger partial charge on any atom is 0.0858 e. The first-order valence-electron chi connectivity index (χ1n) is 8.35. The summed E-state index contributed by atoms with van der Waals surface area (Å²) >= 11 is 0. The zero-order chi connectivity index (χ0) is 15.1. The first-order valence-corrected chi connectivity index (χ1v) is 8.35. The number of nitrogens with zero attached hydrogens (tertiary/aromatic N) is 1. The van der Waals surface area contributed by atoms with Crippen molar-refractivity contribution in [3.63, 3.8) is 0 Å².